The second-order valence-corrected chi connectivity index (χ2v) is 4.75. The van der Waals surface area contributed by atoms with Gasteiger partial charge in [-0.25, -0.2) is 0 Å². The summed E-state index contributed by atoms with van der Waals surface area (Å²) >= 11 is 0. The molecule has 0 aromatic heterocycles. The summed E-state index contributed by atoms with van der Waals surface area (Å²) in [5.74, 6) is -1.12. The molecule has 2 aliphatic heterocycles. The predicted octanol–water partition coefficient (Wildman–Crippen LogP) is 1.29. The van der Waals surface area contributed by atoms with Gasteiger partial charge in [0.25, 0.3) is 0 Å². The zero-order valence-electron chi connectivity index (χ0n) is 9.54. The summed E-state index contributed by atoms with van der Waals surface area (Å²) < 4.78 is 0. The Labute approximate surface area is 98.0 Å². The number of hydrogen-bond acceptors (Lipinski definition) is 3. The highest BCUT2D eigenvalue weighted by molar-refractivity contribution is 5.81. The Morgan fingerprint density at radius 1 is 1.41 bits per heavy atom. The van der Waals surface area contributed by atoms with Crippen molar-refractivity contribution in [3.8, 4) is 0 Å². The number of piperidine rings is 1. The Morgan fingerprint density at radius 3 is 2.29 bits per heavy atom. The maximum absolute atomic E-state index is 11.5. The van der Waals surface area contributed by atoms with Gasteiger partial charge in [0.2, 0.25) is 5.91 Å². The van der Waals surface area contributed by atoms with Crippen molar-refractivity contribution < 1.29 is 14.7 Å². The van der Waals surface area contributed by atoms with Gasteiger partial charge < -0.3 is 10.0 Å². The highest BCUT2D eigenvalue weighted by Gasteiger charge is 2.52. The number of rotatable bonds is 2. The summed E-state index contributed by atoms with van der Waals surface area (Å²) in [5.41, 5.74) is 7.15. The van der Waals surface area contributed by atoms with Crippen molar-refractivity contribution >= 4 is 11.9 Å². The van der Waals surface area contributed by atoms with Crippen molar-refractivity contribution in [3.05, 3.63) is 10.4 Å². The van der Waals surface area contributed by atoms with E-state index in [1.165, 1.54) is 6.92 Å². The van der Waals surface area contributed by atoms with E-state index < -0.39 is 11.5 Å². The molecule has 2 fully saturated rings. The first-order valence-electron chi connectivity index (χ1n) is 5.59. The Balaban J connectivity index is 2.31. The average Bonchev–Trinajstić information content (AvgIpc) is 2.52. The number of amides is 1. The standard InChI is InChI=1S/C10H14N4O3/c1-6(15)14-7-2-3-8(14)5-10(4-7,9(16)17)12-13-11/h7-8H,2-5H2,1H3,(H,16,17). The molecule has 2 heterocycles. The van der Waals surface area contributed by atoms with E-state index in [0.717, 1.165) is 12.8 Å². The SMILES string of the molecule is CC(=O)N1C2CCC1CC(N=[N+]=[N-])(C(=O)O)C2. The molecule has 2 unspecified atom stereocenters. The molecular formula is C10H14N4O3. The van der Waals surface area contributed by atoms with Crippen LogP contribution in [0.3, 0.4) is 0 Å². The molecule has 2 bridgehead atoms. The Kier molecular flexibility index (Phi) is 2.71. The van der Waals surface area contributed by atoms with E-state index in [1.807, 2.05) is 0 Å². The van der Waals surface area contributed by atoms with E-state index in [4.69, 9.17) is 5.53 Å². The van der Waals surface area contributed by atoms with Gasteiger partial charge in [0, 0.05) is 23.9 Å². The first-order chi connectivity index (χ1) is 8.00. The Morgan fingerprint density at radius 2 is 1.94 bits per heavy atom. The molecule has 0 aromatic carbocycles. The summed E-state index contributed by atoms with van der Waals surface area (Å²) in [6.07, 6.45) is 2.03. The molecule has 1 amide bonds. The van der Waals surface area contributed by atoms with Crippen LogP contribution in [-0.2, 0) is 9.59 Å². The van der Waals surface area contributed by atoms with E-state index in [9.17, 15) is 14.7 Å². The van der Waals surface area contributed by atoms with Gasteiger partial charge in [-0.3, -0.25) is 9.59 Å². The molecule has 0 spiro atoms. The van der Waals surface area contributed by atoms with Crippen molar-refractivity contribution in [3.63, 3.8) is 0 Å². The van der Waals surface area contributed by atoms with E-state index in [-0.39, 0.29) is 30.8 Å². The van der Waals surface area contributed by atoms with Crippen LogP contribution in [-0.4, -0.2) is 39.5 Å². The molecule has 2 saturated heterocycles. The Bertz CT molecular complexity index is 398. The van der Waals surface area contributed by atoms with Crippen molar-refractivity contribution in [1.29, 1.82) is 0 Å². The second kappa shape index (κ2) is 3.92. The first-order valence-corrected chi connectivity index (χ1v) is 5.59. The van der Waals surface area contributed by atoms with Gasteiger partial charge in [0.05, 0.1) is 0 Å². The topological polar surface area (TPSA) is 106 Å². The molecule has 7 heteroatoms. The van der Waals surface area contributed by atoms with Crippen molar-refractivity contribution in [2.45, 2.75) is 50.2 Å². The fourth-order valence-electron chi connectivity index (χ4n) is 3.12. The third kappa shape index (κ3) is 1.72. The summed E-state index contributed by atoms with van der Waals surface area (Å²) in [4.78, 5) is 27.2. The van der Waals surface area contributed by atoms with Crippen LogP contribution in [0.2, 0.25) is 0 Å². The number of carboxylic acids is 1. The first kappa shape index (κ1) is 11.7. The quantitative estimate of drug-likeness (QED) is 0.445. The zero-order chi connectivity index (χ0) is 12.6. The molecule has 2 aliphatic rings. The number of aliphatic carboxylic acids is 1. The van der Waals surface area contributed by atoms with E-state index in [0.29, 0.717) is 0 Å². The molecule has 0 aliphatic carbocycles. The van der Waals surface area contributed by atoms with E-state index in [1.54, 1.807) is 4.90 Å². The van der Waals surface area contributed by atoms with Crippen molar-refractivity contribution in [2.75, 3.05) is 0 Å². The van der Waals surface area contributed by atoms with Crippen molar-refractivity contribution in [2.24, 2.45) is 5.11 Å². The molecular weight excluding hydrogens is 224 g/mol. The van der Waals surface area contributed by atoms with Crippen LogP contribution in [0.25, 0.3) is 10.4 Å². The lowest BCUT2D eigenvalue weighted by Gasteiger charge is -2.41. The molecule has 0 aromatic rings. The Hall–Kier alpha value is -1.75. The second-order valence-electron chi connectivity index (χ2n) is 4.75. The molecule has 1 N–H and O–H groups in total. The molecule has 2 rings (SSSR count). The van der Waals surface area contributed by atoms with Crippen LogP contribution in [0.5, 0.6) is 0 Å². The van der Waals surface area contributed by atoms with Crippen LogP contribution in [0.15, 0.2) is 5.11 Å². The normalized spacial score (nSPS) is 35.2. The number of carbonyl (C=O) groups is 2. The van der Waals surface area contributed by atoms with E-state index in [2.05, 4.69) is 10.0 Å². The maximum atomic E-state index is 11.5. The van der Waals surface area contributed by atoms with Gasteiger partial charge in [-0.05, 0) is 31.2 Å². The zero-order valence-corrected chi connectivity index (χ0v) is 9.54. The van der Waals surface area contributed by atoms with Crippen LogP contribution >= 0.6 is 0 Å². The predicted molar refractivity (Wildman–Crippen MR) is 58.1 cm³/mol. The molecule has 92 valence electrons. The summed E-state index contributed by atoms with van der Waals surface area (Å²) in [5, 5.41) is 12.7. The van der Waals surface area contributed by atoms with E-state index >= 15 is 0 Å². The number of fused-ring (bicyclic) bond motifs is 2. The lowest BCUT2D eigenvalue weighted by molar-refractivity contribution is -0.149. The molecule has 0 radical (unpaired) electrons. The summed E-state index contributed by atoms with van der Waals surface area (Å²) in [6.45, 7) is 1.49. The van der Waals surface area contributed by atoms with Gasteiger partial charge in [-0.2, -0.15) is 0 Å². The number of carbonyl (C=O) groups excluding carboxylic acids is 1. The number of nitrogens with zero attached hydrogens (tertiary/aromatic N) is 4. The molecule has 0 saturated carbocycles. The van der Waals surface area contributed by atoms with Crippen LogP contribution in [0.4, 0.5) is 0 Å². The molecule has 2 atom stereocenters. The third-order valence-corrected chi connectivity index (χ3v) is 3.76. The monoisotopic (exact) mass is 238 g/mol. The number of azide groups is 1. The van der Waals surface area contributed by atoms with Gasteiger partial charge in [-0.15, -0.1) is 0 Å². The maximum Gasteiger partial charge on any atom is 0.315 e. The highest BCUT2D eigenvalue weighted by Crippen LogP contribution is 2.43. The number of carboxylic acid groups (broad SMARTS) is 1. The molecule has 17 heavy (non-hydrogen) atoms. The minimum atomic E-state index is -1.37. The van der Waals surface area contributed by atoms with Crippen molar-refractivity contribution in [1.82, 2.24) is 4.90 Å². The van der Waals surface area contributed by atoms with Gasteiger partial charge in [-0.1, -0.05) is 5.11 Å². The van der Waals surface area contributed by atoms with Crippen LogP contribution < -0.4 is 0 Å². The van der Waals surface area contributed by atoms with Gasteiger partial charge in [0.15, 0.2) is 0 Å². The highest BCUT2D eigenvalue weighted by atomic mass is 16.4. The lowest BCUT2D eigenvalue weighted by Crippen LogP contribution is -2.54. The lowest BCUT2D eigenvalue weighted by atomic mass is 9.83. The summed E-state index contributed by atoms with van der Waals surface area (Å²) in [7, 11) is 0. The minimum Gasteiger partial charge on any atom is -0.481 e. The van der Waals surface area contributed by atoms with Crippen LogP contribution in [0, 0.1) is 0 Å². The minimum absolute atomic E-state index is 0.0302. The number of hydrogen-bond donors (Lipinski definition) is 1. The smallest absolute Gasteiger partial charge is 0.315 e. The van der Waals surface area contributed by atoms with Gasteiger partial charge in [0.1, 0.15) is 5.54 Å². The third-order valence-electron chi connectivity index (χ3n) is 3.76. The summed E-state index contributed by atoms with van der Waals surface area (Å²) in [6, 6.07) is -0.208. The largest absolute Gasteiger partial charge is 0.481 e. The fourth-order valence-corrected chi connectivity index (χ4v) is 3.12. The van der Waals surface area contributed by atoms with Crippen LogP contribution in [0.1, 0.15) is 32.6 Å². The average molecular weight is 238 g/mol. The van der Waals surface area contributed by atoms with Gasteiger partial charge >= 0.3 is 5.97 Å². The molecule has 7 nitrogen and oxygen atoms in total. The fraction of sp³-hybridized carbons (Fsp3) is 0.800.